The SMILES string of the molecule is COc1ccc(-c2cc(C)cc(NC(=O)C3(C4=CCC5OC(F)(F)OC5=C4)CC3)n2)c(C)n1. The number of amides is 1. The van der Waals surface area contributed by atoms with Gasteiger partial charge in [-0.15, -0.1) is 8.78 Å². The van der Waals surface area contributed by atoms with E-state index in [1.54, 1.807) is 25.3 Å². The van der Waals surface area contributed by atoms with E-state index in [0.717, 1.165) is 16.8 Å². The first-order chi connectivity index (χ1) is 15.7. The van der Waals surface area contributed by atoms with Crippen LogP contribution in [0.15, 0.2) is 47.7 Å². The van der Waals surface area contributed by atoms with Gasteiger partial charge in [0.05, 0.1) is 23.9 Å². The number of allylic oxidation sites excluding steroid dienone is 1. The maximum Gasteiger partial charge on any atom is 0.535 e. The number of alkyl halides is 2. The molecule has 9 heteroatoms. The molecule has 1 amide bonds. The monoisotopic (exact) mass is 455 g/mol. The number of hydrogen-bond donors (Lipinski definition) is 1. The van der Waals surface area contributed by atoms with Crippen molar-refractivity contribution in [1.82, 2.24) is 9.97 Å². The third-order valence-electron chi connectivity index (χ3n) is 6.18. The number of aromatic nitrogens is 2. The van der Waals surface area contributed by atoms with Gasteiger partial charge in [-0.2, -0.15) is 0 Å². The summed E-state index contributed by atoms with van der Waals surface area (Å²) in [5, 5.41) is 2.93. The molecule has 2 aromatic rings. The Morgan fingerprint density at radius 1 is 1.21 bits per heavy atom. The van der Waals surface area contributed by atoms with E-state index in [0.29, 0.717) is 35.8 Å². The number of fused-ring (bicyclic) bond motifs is 1. The molecule has 0 radical (unpaired) electrons. The molecule has 1 unspecified atom stereocenters. The molecule has 2 aliphatic carbocycles. The Balaban J connectivity index is 1.38. The summed E-state index contributed by atoms with van der Waals surface area (Å²) < 4.78 is 41.2. The summed E-state index contributed by atoms with van der Waals surface area (Å²) >= 11 is 0. The Morgan fingerprint density at radius 3 is 2.70 bits per heavy atom. The second-order valence-electron chi connectivity index (χ2n) is 8.55. The number of anilines is 1. The van der Waals surface area contributed by atoms with Gasteiger partial charge < -0.3 is 14.8 Å². The lowest BCUT2D eigenvalue weighted by atomic mass is 9.89. The molecular formula is C24H23F2N3O4. The van der Waals surface area contributed by atoms with Crippen LogP contribution in [0.2, 0.25) is 0 Å². The fourth-order valence-corrected chi connectivity index (χ4v) is 4.32. The van der Waals surface area contributed by atoms with Gasteiger partial charge in [0.1, 0.15) is 17.7 Å². The first-order valence-corrected chi connectivity index (χ1v) is 10.7. The van der Waals surface area contributed by atoms with Crippen LogP contribution in [0.3, 0.4) is 0 Å². The largest absolute Gasteiger partial charge is 0.535 e. The molecule has 3 aliphatic rings. The highest BCUT2D eigenvalue weighted by molar-refractivity contribution is 5.99. The minimum Gasteiger partial charge on any atom is -0.481 e. The maximum atomic E-state index is 13.4. The minimum absolute atomic E-state index is 0.0648. The van der Waals surface area contributed by atoms with Gasteiger partial charge in [0.25, 0.3) is 0 Å². The first-order valence-electron chi connectivity index (χ1n) is 10.7. The van der Waals surface area contributed by atoms with Crippen LogP contribution in [0.4, 0.5) is 14.6 Å². The summed E-state index contributed by atoms with van der Waals surface area (Å²) in [5.74, 6) is 0.781. The molecule has 172 valence electrons. The van der Waals surface area contributed by atoms with Crippen LogP contribution in [0.25, 0.3) is 11.3 Å². The van der Waals surface area contributed by atoms with E-state index in [9.17, 15) is 13.6 Å². The lowest BCUT2D eigenvalue weighted by molar-refractivity contribution is -0.341. The van der Waals surface area contributed by atoms with Crippen LogP contribution in [-0.2, 0) is 14.3 Å². The topological polar surface area (TPSA) is 82.6 Å². The van der Waals surface area contributed by atoms with E-state index in [1.807, 2.05) is 26.0 Å². The normalized spacial score (nSPS) is 21.9. The third-order valence-corrected chi connectivity index (χ3v) is 6.18. The zero-order chi connectivity index (χ0) is 23.4. The molecule has 7 nitrogen and oxygen atoms in total. The number of nitrogens with zero attached hydrogens (tertiary/aromatic N) is 2. The van der Waals surface area contributed by atoms with Gasteiger partial charge in [0.2, 0.25) is 11.8 Å². The fourth-order valence-electron chi connectivity index (χ4n) is 4.32. The standard InChI is InChI=1S/C24H23F2N3O4/c1-13-10-17(16-5-7-21(31-3)27-14(16)2)28-20(11-13)29-22(30)23(8-9-23)15-4-6-18-19(12-15)33-24(25,26)32-18/h4-5,7,10-12,18H,6,8-9H2,1-3H3,(H,28,29,30). The van der Waals surface area contributed by atoms with Crippen LogP contribution in [-0.4, -0.2) is 35.4 Å². The molecule has 33 heavy (non-hydrogen) atoms. The Kier molecular flexibility index (Phi) is 4.97. The van der Waals surface area contributed by atoms with E-state index in [-0.39, 0.29) is 18.1 Å². The molecule has 0 spiro atoms. The number of nitrogens with one attached hydrogen (secondary N) is 1. The number of rotatable bonds is 5. The second-order valence-corrected chi connectivity index (χ2v) is 8.55. The molecule has 0 aromatic carbocycles. The molecule has 1 atom stereocenters. The van der Waals surface area contributed by atoms with Crippen molar-refractivity contribution >= 4 is 11.7 Å². The van der Waals surface area contributed by atoms with Crippen molar-refractivity contribution in [3.8, 4) is 17.1 Å². The Hall–Kier alpha value is -3.33. The first kappa shape index (κ1) is 21.5. The van der Waals surface area contributed by atoms with Crippen molar-refractivity contribution in [3.63, 3.8) is 0 Å². The highest BCUT2D eigenvalue weighted by Gasteiger charge is 2.55. The predicted molar refractivity (Wildman–Crippen MR) is 115 cm³/mol. The van der Waals surface area contributed by atoms with Crippen molar-refractivity contribution in [1.29, 1.82) is 0 Å². The fraction of sp³-hybridized carbons (Fsp3) is 0.375. The molecular weight excluding hydrogens is 432 g/mol. The minimum atomic E-state index is -3.63. The predicted octanol–water partition coefficient (Wildman–Crippen LogP) is 4.67. The Morgan fingerprint density at radius 2 is 2.00 bits per heavy atom. The Labute approximate surface area is 189 Å². The molecule has 5 rings (SSSR count). The smallest absolute Gasteiger partial charge is 0.481 e. The molecule has 1 saturated carbocycles. The second kappa shape index (κ2) is 7.62. The van der Waals surface area contributed by atoms with E-state index in [4.69, 9.17) is 4.74 Å². The molecule has 0 bridgehead atoms. The van der Waals surface area contributed by atoms with E-state index in [1.165, 1.54) is 6.08 Å². The lowest BCUT2D eigenvalue weighted by Gasteiger charge is -2.21. The van der Waals surface area contributed by atoms with Gasteiger partial charge in [0.15, 0.2) is 0 Å². The molecule has 2 aromatic heterocycles. The number of carbonyl (C=O) groups is 1. The maximum absolute atomic E-state index is 13.4. The number of ether oxygens (including phenoxy) is 3. The summed E-state index contributed by atoms with van der Waals surface area (Å²) in [6.45, 7) is 3.79. The van der Waals surface area contributed by atoms with Gasteiger partial charge >= 0.3 is 6.29 Å². The van der Waals surface area contributed by atoms with Gasteiger partial charge in [-0.1, -0.05) is 6.08 Å². The van der Waals surface area contributed by atoms with Crippen molar-refractivity contribution in [3.05, 3.63) is 59.0 Å². The number of methoxy groups -OCH3 is 1. The molecule has 1 saturated heterocycles. The number of carbonyl (C=O) groups excluding carboxylic acids is 1. The summed E-state index contributed by atoms with van der Waals surface area (Å²) in [7, 11) is 1.56. The zero-order valence-electron chi connectivity index (χ0n) is 18.4. The molecule has 1 N–H and O–H groups in total. The molecule has 3 heterocycles. The summed E-state index contributed by atoms with van der Waals surface area (Å²) in [6.07, 6.45) is 0.339. The van der Waals surface area contributed by atoms with Crippen molar-refractivity contribution in [2.45, 2.75) is 45.5 Å². The van der Waals surface area contributed by atoms with Crippen molar-refractivity contribution in [2.75, 3.05) is 12.4 Å². The van der Waals surface area contributed by atoms with E-state index >= 15 is 0 Å². The summed E-state index contributed by atoms with van der Waals surface area (Å²) in [5.41, 5.74) is 3.10. The number of pyridine rings is 2. The van der Waals surface area contributed by atoms with Crippen molar-refractivity contribution < 1.29 is 27.8 Å². The Bertz CT molecular complexity index is 1200. The lowest BCUT2D eigenvalue weighted by Crippen LogP contribution is -2.27. The van der Waals surface area contributed by atoms with E-state index < -0.39 is 17.8 Å². The van der Waals surface area contributed by atoms with Gasteiger partial charge in [0, 0.05) is 11.6 Å². The van der Waals surface area contributed by atoms with Crippen LogP contribution in [0.5, 0.6) is 5.88 Å². The number of hydrogen-bond acceptors (Lipinski definition) is 6. The average molecular weight is 455 g/mol. The van der Waals surface area contributed by atoms with Crippen LogP contribution < -0.4 is 10.1 Å². The van der Waals surface area contributed by atoms with Gasteiger partial charge in [-0.3, -0.25) is 9.53 Å². The summed E-state index contributed by atoms with van der Waals surface area (Å²) in [6, 6.07) is 7.36. The van der Waals surface area contributed by atoms with Crippen LogP contribution in [0.1, 0.15) is 30.5 Å². The van der Waals surface area contributed by atoms with Crippen molar-refractivity contribution in [2.24, 2.45) is 5.41 Å². The highest BCUT2D eigenvalue weighted by atomic mass is 19.3. The van der Waals surface area contributed by atoms with Crippen LogP contribution >= 0.6 is 0 Å². The zero-order valence-corrected chi connectivity index (χ0v) is 18.4. The number of halogens is 2. The van der Waals surface area contributed by atoms with Gasteiger partial charge in [-0.25, -0.2) is 9.97 Å². The van der Waals surface area contributed by atoms with Gasteiger partial charge in [-0.05, 0) is 68.5 Å². The van der Waals surface area contributed by atoms with Crippen LogP contribution in [0, 0.1) is 19.3 Å². The van der Waals surface area contributed by atoms with E-state index in [2.05, 4.69) is 24.8 Å². The number of aryl methyl sites for hydroxylation is 2. The third kappa shape index (κ3) is 3.97. The average Bonchev–Trinajstić information content (AvgIpc) is 3.50. The molecule has 2 fully saturated rings. The molecule has 1 aliphatic heterocycles. The highest BCUT2D eigenvalue weighted by Crippen LogP contribution is 2.55. The quantitative estimate of drug-likeness (QED) is 0.706. The summed E-state index contributed by atoms with van der Waals surface area (Å²) in [4.78, 5) is 22.3.